The fraction of sp³-hybridized carbons (Fsp3) is 1.00. The zero-order valence-electron chi connectivity index (χ0n) is 17.4. The van der Waals surface area contributed by atoms with E-state index >= 15 is 0 Å². The molecule has 0 bridgehead atoms. The van der Waals surface area contributed by atoms with E-state index < -0.39 is 68.0 Å². The molecule has 0 amide bonds. The molecule has 2 fully saturated rings. The molecule has 2 aliphatic rings. The molecule has 1 unspecified atom stereocenters. The van der Waals surface area contributed by atoms with Gasteiger partial charge in [-0.3, -0.25) is 0 Å². The van der Waals surface area contributed by atoms with Gasteiger partial charge < -0.3 is 54.7 Å². The number of ether oxygens (including phenoxy) is 4. The maximum Gasteiger partial charge on any atom is 0.224 e. The van der Waals surface area contributed by atoms with Crippen molar-refractivity contribution in [2.75, 3.05) is 26.4 Å². The van der Waals surface area contributed by atoms with Gasteiger partial charge in [-0.2, -0.15) is 0 Å². The van der Waals surface area contributed by atoms with E-state index in [1.807, 2.05) is 6.92 Å². The van der Waals surface area contributed by atoms with Crippen LogP contribution >= 0.6 is 0 Å². The van der Waals surface area contributed by atoms with Crippen molar-refractivity contribution in [2.24, 2.45) is 5.92 Å². The quantitative estimate of drug-likeness (QED) is 0.180. The summed E-state index contributed by atoms with van der Waals surface area (Å²) < 4.78 is 21.9. The highest BCUT2D eigenvalue weighted by Crippen LogP contribution is 2.36. The molecule has 0 radical (unpaired) electrons. The van der Waals surface area contributed by atoms with Crippen molar-refractivity contribution in [1.82, 2.24) is 0 Å². The molecule has 0 aromatic heterocycles. The second kappa shape index (κ2) is 11.4. The van der Waals surface area contributed by atoms with Gasteiger partial charge in [0, 0.05) is 6.61 Å². The van der Waals surface area contributed by atoms with Crippen molar-refractivity contribution in [2.45, 2.75) is 87.9 Å². The van der Waals surface area contributed by atoms with Crippen molar-refractivity contribution in [3.05, 3.63) is 0 Å². The number of hydrogen-bond acceptors (Lipinski definition) is 11. The normalized spacial score (nSPS) is 43.1. The largest absolute Gasteiger partial charge is 0.394 e. The molecule has 0 aromatic rings. The minimum atomic E-state index is -2.19. The van der Waals surface area contributed by atoms with Crippen LogP contribution in [-0.2, 0) is 18.9 Å². The second-order valence-corrected chi connectivity index (χ2v) is 8.16. The Bertz CT molecular complexity index is 509. The molecule has 2 aliphatic heterocycles. The summed E-state index contributed by atoms with van der Waals surface area (Å²) in [7, 11) is 0. The topological polar surface area (TPSA) is 179 Å². The van der Waals surface area contributed by atoms with Crippen LogP contribution in [0, 0.1) is 5.92 Å². The van der Waals surface area contributed by atoms with Gasteiger partial charge in [-0.05, 0) is 12.3 Å². The van der Waals surface area contributed by atoms with Crippen molar-refractivity contribution >= 4 is 0 Å². The maximum atomic E-state index is 10.3. The third-order valence-corrected chi connectivity index (χ3v) is 5.63. The number of hydrogen-bond donors (Lipinski definition) is 7. The smallest absolute Gasteiger partial charge is 0.224 e. The lowest BCUT2D eigenvalue weighted by Gasteiger charge is -2.43. The molecule has 0 saturated carbocycles. The van der Waals surface area contributed by atoms with E-state index in [4.69, 9.17) is 18.9 Å². The molecule has 30 heavy (non-hydrogen) atoms. The van der Waals surface area contributed by atoms with E-state index in [1.54, 1.807) is 0 Å². The van der Waals surface area contributed by atoms with E-state index in [0.717, 1.165) is 19.3 Å². The van der Waals surface area contributed by atoms with Crippen LogP contribution in [0.1, 0.15) is 33.1 Å². The highest BCUT2D eigenvalue weighted by atomic mass is 16.8. The van der Waals surface area contributed by atoms with Crippen LogP contribution in [0.25, 0.3) is 0 Å². The van der Waals surface area contributed by atoms with Gasteiger partial charge in [0.1, 0.15) is 49.3 Å². The van der Waals surface area contributed by atoms with E-state index in [2.05, 4.69) is 6.92 Å². The summed E-state index contributed by atoms with van der Waals surface area (Å²) in [5, 5.41) is 69.8. The highest BCUT2D eigenvalue weighted by molar-refractivity contribution is 4.98. The minimum absolute atomic E-state index is 0.0846. The Labute approximate surface area is 175 Å². The Hall–Kier alpha value is -0.440. The van der Waals surface area contributed by atoms with Gasteiger partial charge in [-0.25, -0.2) is 0 Å². The summed E-state index contributed by atoms with van der Waals surface area (Å²) >= 11 is 0. The monoisotopic (exact) mass is 440 g/mol. The standard InChI is InChI=1S/C19H36O11/c1-3-4-5-10(2)7-27-8-12-13(22)15(24)16(25)18(28-12)30-19(9-21)17(26)14(23)11(6-20)29-19/h10-18,20-26H,3-9H2,1-2H3/t10?,11-,12-,13-,14-,15+,16-,17+,18-,19+/m1/s1. The Balaban J connectivity index is 2.01. The van der Waals surface area contributed by atoms with Gasteiger partial charge in [-0.1, -0.05) is 26.7 Å². The van der Waals surface area contributed by atoms with Gasteiger partial charge in [0.25, 0.3) is 0 Å². The summed E-state index contributed by atoms with van der Waals surface area (Å²) in [5.74, 6) is -1.90. The lowest BCUT2D eigenvalue weighted by atomic mass is 9.98. The van der Waals surface area contributed by atoms with Crippen LogP contribution in [0.3, 0.4) is 0 Å². The molecule has 2 saturated heterocycles. The summed E-state index contributed by atoms with van der Waals surface area (Å²) in [4.78, 5) is 0. The Morgan fingerprint density at radius 2 is 1.67 bits per heavy atom. The number of unbranched alkanes of at least 4 members (excludes halogenated alkanes) is 1. The molecule has 178 valence electrons. The molecular formula is C19H36O11. The summed E-state index contributed by atoms with van der Waals surface area (Å²) in [5.41, 5.74) is 0. The predicted octanol–water partition coefficient (Wildman–Crippen LogP) is -2.54. The van der Waals surface area contributed by atoms with Crippen LogP contribution in [0.2, 0.25) is 0 Å². The number of rotatable bonds is 11. The van der Waals surface area contributed by atoms with E-state index in [-0.39, 0.29) is 6.61 Å². The van der Waals surface area contributed by atoms with E-state index in [0.29, 0.717) is 12.5 Å². The van der Waals surface area contributed by atoms with Crippen LogP contribution in [-0.4, -0.2) is 117 Å². The first-order valence-corrected chi connectivity index (χ1v) is 10.4. The Kier molecular flexibility index (Phi) is 9.84. The van der Waals surface area contributed by atoms with Crippen molar-refractivity contribution < 1.29 is 54.7 Å². The van der Waals surface area contributed by atoms with Crippen LogP contribution in [0.15, 0.2) is 0 Å². The average Bonchev–Trinajstić information content (AvgIpc) is 2.98. The molecule has 11 nitrogen and oxygen atoms in total. The molecule has 2 rings (SSSR count). The van der Waals surface area contributed by atoms with Crippen LogP contribution in [0.5, 0.6) is 0 Å². The first kappa shape index (κ1) is 25.8. The van der Waals surface area contributed by atoms with Crippen molar-refractivity contribution in [1.29, 1.82) is 0 Å². The van der Waals surface area contributed by atoms with Crippen LogP contribution in [0.4, 0.5) is 0 Å². The molecule has 0 aliphatic carbocycles. The molecule has 11 heteroatoms. The SMILES string of the molecule is CCCCC(C)COC[C@H]1O[C@H](O[C@]2(CO)O[C@H](CO)[C@@H](O)[C@@H]2O)[C@H](O)[C@@H](O)[C@@H]1O. The second-order valence-electron chi connectivity index (χ2n) is 8.16. The molecule has 7 N–H and O–H groups in total. The zero-order valence-corrected chi connectivity index (χ0v) is 17.4. The average molecular weight is 440 g/mol. The summed E-state index contributed by atoms with van der Waals surface area (Å²) in [6.45, 7) is 2.89. The first-order chi connectivity index (χ1) is 14.2. The van der Waals surface area contributed by atoms with Gasteiger partial charge in [0.05, 0.1) is 13.2 Å². The molecule has 10 atom stereocenters. The van der Waals surface area contributed by atoms with Crippen molar-refractivity contribution in [3.63, 3.8) is 0 Å². The van der Waals surface area contributed by atoms with E-state index in [9.17, 15) is 35.7 Å². The highest BCUT2D eigenvalue weighted by Gasteiger charge is 2.58. The number of aliphatic hydroxyl groups excluding tert-OH is 7. The molecule has 2 heterocycles. The first-order valence-electron chi connectivity index (χ1n) is 10.4. The third kappa shape index (κ3) is 5.67. The zero-order chi connectivity index (χ0) is 22.5. The lowest BCUT2D eigenvalue weighted by Crippen LogP contribution is -2.62. The fourth-order valence-electron chi connectivity index (χ4n) is 3.64. The molecule has 0 aromatic carbocycles. The third-order valence-electron chi connectivity index (χ3n) is 5.63. The lowest BCUT2D eigenvalue weighted by molar-refractivity contribution is -0.384. The maximum absolute atomic E-state index is 10.3. The number of aliphatic hydroxyl groups is 7. The van der Waals surface area contributed by atoms with Crippen molar-refractivity contribution in [3.8, 4) is 0 Å². The Morgan fingerprint density at radius 3 is 2.23 bits per heavy atom. The molecule has 0 spiro atoms. The Morgan fingerprint density at radius 1 is 0.967 bits per heavy atom. The van der Waals surface area contributed by atoms with Gasteiger partial charge in [0.15, 0.2) is 6.29 Å². The summed E-state index contributed by atoms with van der Waals surface area (Å²) in [6.07, 6.45) is -8.92. The van der Waals surface area contributed by atoms with E-state index in [1.165, 1.54) is 0 Å². The van der Waals surface area contributed by atoms with Gasteiger partial charge in [-0.15, -0.1) is 0 Å². The predicted molar refractivity (Wildman–Crippen MR) is 101 cm³/mol. The van der Waals surface area contributed by atoms with Crippen LogP contribution < -0.4 is 0 Å². The minimum Gasteiger partial charge on any atom is -0.394 e. The van der Waals surface area contributed by atoms with Gasteiger partial charge >= 0.3 is 0 Å². The molecular weight excluding hydrogens is 404 g/mol. The van der Waals surface area contributed by atoms with Gasteiger partial charge in [0.2, 0.25) is 5.79 Å². The summed E-state index contributed by atoms with van der Waals surface area (Å²) in [6, 6.07) is 0. The fourth-order valence-corrected chi connectivity index (χ4v) is 3.64.